The summed E-state index contributed by atoms with van der Waals surface area (Å²) in [4.78, 5) is 2.62. The average molecular weight is 277 g/mol. The molecule has 0 aliphatic heterocycles. The van der Waals surface area contributed by atoms with Gasteiger partial charge < -0.3 is 15.2 Å². The number of methoxy groups -OCH3 is 1. The van der Waals surface area contributed by atoms with Crippen molar-refractivity contribution in [1.82, 2.24) is 5.32 Å². The van der Waals surface area contributed by atoms with Crippen LogP contribution in [0.4, 0.5) is 0 Å². The number of rotatable bonds is 5. The quantitative estimate of drug-likeness (QED) is 0.877. The van der Waals surface area contributed by atoms with Crippen LogP contribution in [0.3, 0.4) is 0 Å². The standard InChI is InChI=1S/C15H19NO2S/c1-10-4-7-15(19-10)11(2)16-9-12-8-13(18-3)5-6-14(12)17/h4-8,11,16-17H,9H2,1-3H3. The van der Waals surface area contributed by atoms with Crippen LogP contribution in [0.1, 0.15) is 28.3 Å². The van der Waals surface area contributed by atoms with Gasteiger partial charge in [-0.2, -0.15) is 0 Å². The maximum Gasteiger partial charge on any atom is 0.120 e. The Hall–Kier alpha value is -1.52. The molecule has 1 atom stereocenters. The van der Waals surface area contributed by atoms with E-state index in [0.29, 0.717) is 12.3 Å². The smallest absolute Gasteiger partial charge is 0.120 e. The second-order valence-electron chi connectivity index (χ2n) is 4.55. The monoisotopic (exact) mass is 277 g/mol. The Kier molecular flexibility index (Phi) is 4.45. The third-order valence-corrected chi connectivity index (χ3v) is 4.26. The summed E-state index contributed by atoms with van der Waals surface area (Å²) in [6, 6.07) is 9.81. The van der Waals surface area contributed by atoms with Gasteiger partial charge in [0, 0.05) is 27.9 Å². The summed E-state index contributed by atoms with van der Waals surface area (Å²) in [7, 11) is 1.63. The molecule has 2 rings (SSSR count). The van der Waals surface area contributed by atoms with Gasteiger partial charge in [-0.1, -0.05) is 0 Å². The molecule has 0 aliphatic rings. The number of phenols is 1. The van der Waals surface area contributed by atoms with Crippen LogP contribution in [0.15, 0.2) is 30.3 Å². The van der Waals surface area contributed by atoms with E-state index in [9.17, 15) is 5.11 Å². The second-order valence-corrected chi connectivity index (χ2v) is 5.87. The molecule has 1 aromatic heterocycles. The van der Waals surface area contributed by atoms with E-state index in [1.165, 1.54) is 9.75 Å². The molecule has 3 nitrogen and oxygen atoms in total. The Labute approximate surface area is 117 Å². The minimum absolute atomic E-state index is 0.268. The Morgan fingerprint density at radius 3 is 2.74 bits per heavy atom. The predicted molar refractivity (Wildman–Crippen MR) is 79.0 cm³/mol. The third-order valence-electron chi connectivity index (χ3n) is 3.07. The summed E-state index contributed by atoms with van der Waals surface area (Å²) in [6.07, 6.45) is 0. The average Bonchev–Trinajstić information content (AvgIpc) is 2.84. The van der Waals surface area contributed by atoms with E-state index < -0.39 is 0 Å². The van der Waals surface area contributed by atoms with Crippen molar-refractivity contribution in [3.05, 3.63) is 45.6 Å². The minimum Gasteiger partial charge on any atom is -0.508 e. The van der Waals surface area contributed by atoms with Crippen molar-refractivity contribution < 1.29 is 9.84 Å². The summed E-state index contributed by atoms with van der Waals surface area (Å²) in [6.45, 7) is 4.85. The fourth-order valence-corrected chi connectivity index (χ4v) is 2.78. The van der Waals surface area contributed by atoms with Crippen molar-refractivity contribution in [3.8, 4) is 11.5 Å². The van der Waals surface area contributed by atoms with E-state index in [-0.39, 0.29) is 6.04 Å². The first-order valence-electron chi connectivity index (χ1n) is 6.25. The molecule has 19 heavy (non-hydrogen) atoms. The fourth-order valence-electron chi connectivity index (χ4n) is 1.88. The highest BCUT2D eigenvalue weighted by atomic mass is 32.1. The normalized spacial score (nSPS) is 12.4. The Morgan fingerprint density at radius 1 is 1.32 bits per heavy atom. The van der Waals surface area contributed by atoms with Gasteiger partial charge in [-0.15, -0.1) is 11.3 Å². The molecule has 1 heterocycles. The zero-order valence-electron chi connectivity index (χ0n) is 11.4. The van der Waals surface area contributed by atoms with Crippen LogP contribution in [0.2, 0.25) is 0 Å². The van der Waals surface area contributed by atoms with Gasteiger partial charge in [0.15, 0.2) is 0 Å². The lowest BCUT2D eigenvalue weighted by Gasteiger charge is -2.13. The molecular weight excluding hydrogens is 258 g/mol. The second kappa shape index (κ2) is 6.08. The fraction of sp³-hybridized carbons (Fsp3) is 0.333. The Balaban J connectivity index is 2.02. The van der Waals surface area contributed by atoms with Crippen LogP contribution >= 0.6 is 11.3 Å². The summed E-state index contributed by atoms with van der Waals surface area (Å²) in [5.41, 5.74) is 0.847. The van der Waals surface area contributed by atoms with Crippen molar-refractivity contribution in [2.75, 3.05) is 7.11 Å². The van der Waals surface area contributed by atoms with Crippen molar-refractivity contribution in [1.29, 1.82) is 0 Å². The molecule has 0 saturated carbocycles. The van der Waals surface area contributed by atoms with E-state index in [1.54, 1.807) is 30.6 Å². The van der Waals surface area contributed by atoms with Crippen LogP contribution < -0.4 is 10.1 Å². The highest BCUT2D eigenvalue weighted by molar-refractivity contribution is 7.12. The molecule has 2 aromatic rings. The molecule has 0 amide bonds. The number of aryl methyl sites for hydroxylation is 1. The molecule has 0 saturated heterocycles. The summed E-state index contributed by atoms with van der Waals surface area (Å²) in [5.74, 6) is 1.05. The van der Waals surface area contributed by atoms with Gasteiger partial charge in [-0.25, -0.2) is 0 Å². The number of aromatic hydroxyl groups is 1. The molecule has 1 unspecified atom stereocenters. The number of nitrogens with one attached hydrogen (secondary N) is 1. The van der Waals surface area contributed by atoms with Gasteiger partial charge in [0.05, 0.1) is 7.11 Å². The zero-order chi connectivity index (χ0) is 13.8. The maximum absolute atomic E-state index is 9.83. The first-order valence-corrected chi connectivity index (χ1v) is 7.07. The first kappa shape index (κ1) is 13.9. The lowest BCUT2D eigenvalue weighted by Crippen LogP contribution is -2.17. The Morgan fingerprint density at radius 2 is 2.11 bits per heavy atom. The van der Waals surface area contributed by atoms with E-state index in [4.69, 9.17) is 4.74 Å². The molecular formula is C15H19NO2S. The van der Waals surface area contributed by atoms with Crippen molar-refractivity contribution in [2.24, 2.45) is 0 Å². The molecule has 0 aliphatic carbocycles. The molecule has 102 valence electrons. The van der Waals surface area contributed by atoms with Crippen molar-refractivity contribution >= 4 is 11.3 Å². The molecule has 4 heteroatoms. The first-order chi connectivity index (χ1) is 9.10. The number of ether oxygens (including phenoxy) is 1. The zero-order valence-corrected chi connectivity index (χ0v) is 12.3. The SMILES string of the molecule is COc1ccc(O)c(CNC(C)c2ccc(C)s2)c1. The highest BCUT2D eigenvalue weighted by Crippen LogP contribution is 2.25. The largest absolute Gasteiger partial charge is 0.508 e. The Bertz CT molecular complexity index is 551. The van der Waals surface area contributed by atoms with E-state index in [2.05, 4.69) is 31.3 Å². The van der Waals surface area contributed by atoms with E-state index >= 15 is 0 Å². The topological polar surface area (TPSA) is 41.5 Å². The lowest BCUT2D eigenvalue weighted by molar-refractivity contribution is 0.409. The number of hydrogen-bond acceptors (Lipinski definition) is 4. The van der Waals surface area contributed by atoms with Gasteiger partial charge in [0.2, 0.25) is 0 Å². The predicted octanol–water partition coefficient (Wildman–Crippen LogP) is 3.62. The number of benzene rings is 1. The van der Waals surface area contributed by atoms with Crippen LogP contribution in [0.5, 0.6) is 11.5 Å². The van der Waals surface area contributed by atoms with Crippen molar-refractivity contribution in [2.45, 2.75) is 26.4 Å². The summed E-state index contributed by atoms with van der Waals surface area (Å²) >= 11 is 1.79. The van der Waals surface area contributed by atoms with E-state index in [1.807, 2.05) is 6.07 Å². The summed E-state index contributed by atoms with van der Waals surface area (Å²) < 4.78 is 5.17. The minimum atomic E-state index is 0.268. The van der Waals surface area contributed by atoms with Gasteiger partial charge >= 0.3 is 0 Å². The number of phenolic OH excluding ortho intramolecular Hbond substituents is 1. The van der Waals surface area contributed by atoms with Crippen LogP contribution in [-0.2, 0) is 6.54 Å². The van der Waals surface area contributed by atoms with Gasteiger partial charge in [-0.05, 0) is 44.2 Å². The molecule has 0 radical (unpaired) electrons. The van der Waals surface area contributed by atoms with Crippen LogP contribution in [0.25, 0.3) is 0 Å². The third kappa shape index (κ3) is 3.49. The highest BCUT2D eigenvalue weighted by Gasteiger charge is 2.09. The van der Waals surface area contributed by atoms with Crippen LogP contribution in [0, 0.1) is 6.92 Å². The van der Waals surface area contributed by atoms with Crippen LogP contribution in [-0.4, -0.2) is 12.2 Å². The van der Waals surface area contributed by atoms with E-state index in [0.717, 1.165) is 11.3 Å². The maximum atomic E-state index is 9.83. The van der Waals surface area contributed by atoms with Gasteiger partial charge in [0.1, 0.15) is 11.5 Å². The molecule has 0 bridgehead atoms. The lowest BCUT2D eigenvalue weighted by atomic mass is 10.1. The van der Waals surface area contributed by atoms with Crippen molar-refractivity contribution in [3.63, 3.8) is 0 Å². The molecule has 1 aromatic carbocycles. The number of thiophene rings is 1. The number of hydrogen-bond donors (Lipinski definition) is 2. The van der Waals surface area contributed by atoms with Gasteiger partial charge in [-0.3, -0.25) is 0 Å². The molecule has 0 fully saturated rings. The molecule has 2 N–H and O–H groups in total. The molecule has 0 spiro atoms. The summed E-state index contributed by atoms with van der Waals surface area (Å²) in [5, 5.41) is 13.2. The van der Waals surface area contributed by atoms with Gasteiger partial charge in [0.25, 0.3) is 0 Å².